The molecule has 5 nitrogen and oxygen atoms in total. The van der Waals surface area contributed by atoms with Crippen molar-refractivity contribution in [3.05, 3.63) is 221 Å². The third-order valence-electron chi connectivity index (χ3n) is 19.3. The predicted octanol–water partition coefficient (Wildman–Crippen LogP) is 21.0. The second kappa shape index (κ2) is 18.6. The number of benzene rings is 10. The first kappa shape index (κ1) is 54.9. The number of aryl methyl sites for hydroxylation is 1. The number of furan rings is 1. The molecule has 0 saturated heterocycles. The van der Waals surface area contributed by atoms with Gasteiger partial charge in [-0.1, -0.05) is 189 Å². The molecule has 10 aromatic carbocycles. The lowest BCUT2D eigenvalue weighted by Gasteiger charge is -2.47. The maximum absolute atomic E-state index is 6.45. The van der Waals surface area contributed by atoms with Crippen molar-refractivity contribution in [2.45, 2.75) is 138 Å². The molecule has 0 unspecified atom stereocenters. The fourth-order valence-electron chi connectivity index (χ4n) is 14.4. The van der Waals surface area contributed by atoms with Crippen molar-refractivity contribution in [2.75, 3.05) is 14.7 Å². The van der Waals surface area contributed by atoms with E-state index in [9.17, 15) is 0 Å². The van der Waals surface area contributed by atoms with Gasteiger partial charge in [0.25, 0.3) is 6.71 Å². The molecule has 0 saturated carbocycles. The van der Waals surface area contributed by atoms with Crippen LogP contribution < -0.4 is 31.1 Å². The van der Waals surface area contributed by atoms with Crippen LogP contribution in [0.2, 0.25) is 0 Å². The van der Waals surface area contributed by atoms with Gasteiger partial charge in [0.2, 0.25) is 0 Å². The van der Waals surface area contributed by atoms with Gasteiger partial charge in [-0.3, -0.25) is 0 Å². The number of hydrogen-bond donors (Lipinski definition) is 0. The van der Waals surface area contributed by atoms with Gasteiger partial charge in [-0.15, -0.1) is 0 Å². The van der Waals surface area contributed by atoms with Gasteiger partial charge in [0.05, 0.1) is 28.1 Å². The average molecular weight is 1140 g/mol. The zero-order valence-electron chi connectivity index (χ0n) is 53.7. The SMILES string of the molecule is Cc1cc2c3c(c1)N1c4c(cc(C(C)(C)C)cc4-n4c5ccc(C(C)(C)C)cc5c5cc(C(C)(C)C)cc1c54)B3c1ccc(N(c3ccc(C(C)(C)C)cc3)c3ccc(C(C)(C)C)cc3)cc1N2c1ccc(-c2cccc3oc4ccccc4c23)cc1. The summed E-state index contributed by atoms with van der Waals surface area (Å²) in [5, 5.41) is 4.88. The molecule has 0 bridgehead atoms. The van der Waals surface area contributed by atoms with E-state index in [1.54, 1.807) is 0 Å². The smallest absolute Gasteiger partial charge is 0.252 e. The van der Waals surface area contributed by atoms with Crippen molar-refractivity contribution < 1.29 is 4.42 Å². The maximum Gasteiger partial charge on any atom is 0.252 e. The van der Waals surface area contributed by atoms with E-state index in [0.717, 1.165) is 61.5 Å². The highest BCUT2D eigenvalue weighted by Crippen LogP contribution is 2.55. The molecular formula is C81H79BN4O. The minimum Gasteiger partial charge on any atom is -0.456 e. The molecule has 0 fully saturated rings. The Kier molecular flexibility index (Phi) is 11.8. The summed E-state index contributed by atoms with van der Waals surface area (Å²) < 4.78 is 9.10. The summed E-state index contributed by atoms with van der Waals surface area (Å²) >= 11 is 0. The maximum atomic E-state index is 6.45. The van der Waals surface area contributed by atoms with Crippen LogP contribution in [0.4, 0.5) is 51.2 Å². The van der Waals surface area contributed by atoms with Crippen LogP contribution in [0, 0.1) is 6.92 Å². The van der Waals surface area contributed by atoms with Gasteiger partial charge in [-0.25, -0.2) is 0 Å². The summed E-state index contributed by atoms with van der Waals surface area (Å²) in [6.45, 7) is 37.3. The van der Waals surface area contributed by atoms with E-state index in [4.69, 9.17) is 4.42 Å². The summed E-state index contributed by atoms with van der Waals surface area (Å²) in [7, 11) is 0. The molecule has 15 rings (SSSR count). The summed E-state index contributed by atoms with van der Waals surface area (Å²) in [6.07, 6.45) is 0. The van der Waals surface area contributed by atoms with Crippen LogP contribution in [0.5, 0.6) is 0 Å². The van der Waals surface area contributed by atoms with E-state index in [0.29, 0.717) is 0 Å². The summed E-state index contributed by atoms with van der Waals surface area (Å²) in [5.74, 6) is 0. The molecule has 0 amide bonds. The van der Waals surface area contributed by atoms with Gasteiger partial charge < -0.3 is 23.7 Å². The fourth-order valence-corrected chi connectivity index (χ4v) is 14.4. The molecule has 12 aromatic rings. The molecule has 6 heteroatoms. The van der Waals surface area contributed by atoms with Crippen molar-refractivity contribution in [1.82, 2.24) is 4.57 Å². The second-order valence-electron chi connectivity index (χ2n) is 30.5. The molecular weight excluding hydrogens is 1060 g/mol. The normalized spacial score (nSPS) is 13.9. The Bertz CT molecular complexity index is 4770. The predicted molar refractivity (Wildman–Crippen MR) is 374 cm³/mol. The van der Waals surface area contributed by atoms with Crippen LogP contribution in [-0.4, -0.2) is 11.3 Å². The van der Waals surface area contributed by atoms with Gasteiger partial charge in [0, 0.05) is 61.4 Å². The highest BCUT2D eigenvalue weighted by Gasteiger charge is 2.47. The number of rotatable bonds is 5. The number of aromatic nitrogens is 1. The minimum absolute atomic E-state index is 0.00898. The number of anilines is 9. The topological polar surface area (TPSA) is 27.8 Å². The highest BCUT2D eigenvalue weighted by molar-refractivity contribution is 7.00. The van der Waals surface area contributed by atoms with E-state index in [1.807, 2.05) is 0 Å². The van der Waals surface area contributed by atoms with Crippen molar-refractivity contribution >= 4 is 118 Å². The van der Waals surface area contributed by atoms with Gasteiger partial charge >= 0.3 is 0 Å². The van der Waals surface area contributed by atoms with Gasteiger partial charge in [0.15, 0.2) is 0 Å². The average Bonchev–Trinajstić information content (AvgIpc) is 1.68. The zero-order valence-corrected chi connectivity index (χ0v) is 53.7. The molecule has 87 heavy (non-hydrogen) atoms. The minimum atomic E-state index is -0.154. The number of hydrogen-bond acceptors (Lipinski definition) is 4. The van der Waals surface area contributed by atoms with Crippen LogP contribution in [0.15, 0.2) is 192 Å². The lowest BCUT2D eigenvalue weighted by atomic mass is 9.33. The Morgan fingerprint density at radius 3 is 1.57 bits per heavy atom. The van der Waals surface area contributed by atoms with E-state index >= 15 is 0 Å². The largest absolute Gasteiger partial charge is 0.456 e. The van der Waals surface area contributed by atoms with E-state index in [1.165, 1.54) is 100 Å². The van der Waals surface area contributed by atoms with Crippen LogP contribution in [0.3, 0.4) is 0 Å². The van der Waals surface area contributed by atoms with E-state index in [-0.39, 0.29) is 33.8 Å². The van der Waals surface area contributed by atoms with Crippen molar-refractivity contribution in [3.8, 4) is 16.8 Å². The fraction of sp³-hybridized carbons (Fsp3) is 0.259. The molecule has 432 valence electrons. The molecule has 3 aliphatic heterocycles. The first-order chi connectivity index (χ1) is 41.2. The molecule has 5 heterocycles. The Balaban J connectivity index is 1.02. The molecule has 3 aliphatic rings. The van der Waals surface area contributed by atoms with Crippen molar-refractivity contribution in [1.29, 1.82) is 0 Å². The summed E-state index contributed by atoms with van der Waals surface area (Å²) in [6, 6.07) is 72.5. The van der Waals surface area contributed by atoms with Gasteiger partial charge in [-0.2, -0.15) is 0 Å². The Morgan fingerprint density at radius 2 is 0.943 bits per heavy atom. The van der Waals surface area contributed by atoms with E-state index < -0.39 is 0 Å². The van der Waals surface area contributed by atoms with E-state index in [2.05, 4.69) is 318 Å². The quantitative estimate of drug-likeness (QED) is 0.161. The third kappa shape index (κ3) is 8.55. The van der Waals surface area contributed by atoms with Crippen LogP contribution in [0.1, 0.15) is 137 Å². The van der Waals surface area contributed by atoms with Crippen LogP contribution in [0.25, 0.3) is 60.6 Å². The molecule has 0 radical (unpaired) electrons. The second-order valence-corrected chi connectivity index (χ2v) is 30.5. The zero-order chi connectivity index (χ0) is 60.8. The van der Waals surface area contributed by atoms with Crippen LogP contribution >= 0.6 is 0 Å². The molecule has 0 aliphatic carbocycles. The van der Waals surface area contributed by atoms with Gasteiger partial charge in [-0.05, 0) is 198 Å². The monoisotopic (exact) mass is 1130 g/mol. The van der Waals surface area contributed by atoms with Crippen LogP contribution in [-0.2, 0) is 27.1 Å². The van der Waals surface area contributed by atoms with Crippen molar-refractivity contribution in [2.24, 2.45) is 0 Å². The first-order valence-electron chi connectivity index (χ1n) is 31.4. The first-order valence-corrected chi connectivity index (χ1v) is 31.4. The Labute approximate surface area is 515 Å². The number of para-hydroxylation sites is 1. The standard InChI is InChI=1S/C81H79BN4O/c1-48-40-67-74-68(41-48)86-69-45-53(80(11,12)13)43-62-61-42-52(79(8,9)10)30-39-65(61)85(75(62)69)70-46-54(81(14,15)16)44-64(76(70)86)82(74)63-38-37-58(83(55-33-26-50(27-34-55)77(2,3)4)56-35-28-51(29-36-56)78(5,6)7)47-66(63)84(67)57-31-24-49(25-32-57)59-21-19-23-72-73(59)60-20-17-18-22-71(60)87-72/h17-47H,1-16H3. The highest BCUT2D eigenvalue weighted by atomic mass is 16.3. The van der Waals surface area contributed by atoms with Gasteiger partial charge in [0.1, 0.15) is 11.2 Å². The number of fused-ring (bicyclic) bond motifs is 12. The third-order valence-corrected chi connectivity index (χ3v) is 19.3. The summed E-state index contributed by atoms with van der Waals surface area (Å²) in [4.78, 5) is 7.76. The lowest BCUT2D eigenvalue weighted by Crippen LogP contribution is -2.62. The number of nitrogens with zero attached hydrogens (tertiary/aromatic N) is 4. The van der Waals surface area contributed by atoms with Crippen molar-refractivity contribution in [3.63, 3.8) is 0 Å². The molecule has 0 N–H and O–H groups in total. The molecule has 0 spiro atoms. The summed E-state index contributed by atoms with van der Waals surface area (Å²) in [5.41, 5.74) is 29.9. The lowest BCUT2D eigenvalue weighted by molar-refractivity contribution is 0.590. The molecule has 0 atom stereocenters. The Hall–Kier alpha value is -8.74. The molecule has 2 aromatic heterocycles. The Morgan fingerprint density at radius 1 is 0.391 bits per heavy atom.